The second-order valence-corrected chi connectivity index (χ2v) is 8.90. The fourth-order valence-corrected chi connectivity index (χ4v) is 4.49. The number of likely N-dealkylation sites (tertiary alicyclic amines) is 1. The van der Waals surface area contributed by atoms with Gasteiger partial charge in [-0.15, -0.1) is 0 Å². The van der Waals surface area contributed by atoms with Gasteiger partial charge in [-0.3, -0.25) is 14.5 Å². The Morgan fingerprint density at radius 3 is 2.10 bits per heavy atom. The van der Waals surface area contributed by atoms with Crippen molar-refractivity contribution < 1.29 is 9.59 Å². The van der Waals surface area contributed by atoms with Crippen molar-refractivity contribution in [3.63, 3.8) is 0 Å². The zero-order valence-electron chi connectivity index (χ0n) is 17.5. The van der Waals surface area contributed by atoms with E-state index in [1.165, 1.54) is 5.56 Å². The predicted octanol–water partition coefficient (Wildman–Crippen LogP) is 2.74. The number of hydrogen-bond acceptors (Lipinski definition) is 3. The normalized spacial score (nSPS) is 26.1. The van der Waals surface area contributed by atoms with E-state index in [1.807, 2.05) is 28.0 Å². The maximum absolute atomic E-state index is 12.8. The molecule has 1 aliphatic carbocycles. The summed E-state index contributed by atoms with van der Waals surface area (Å²) < 4.78 is 0. The third-order valence-corrected chi connectivity index (χ3v) is 6.68. The maximum atomic E-state index is 12.8. The van der Waals surface area contributed by atoms with Crippen molar-refractivity contribution >= 4 is 17.9 Å². The van der Waals surface area contributed by atoms with Crippen molar-refractivity contribution in [3.05, 3.63) is 42.0 Å². The minimum atomic E-state index is -0.0635. The lowest BCUT2D eigenvalue weighted by molar-refractivity contribution is -0.139. The summed E-state index contributed by atoms with van der Waals surface area (Å²) in [7, 11) is 0. The van der Waals surface area contributed by atoms with Gasteiger partial charge in [-0.25, -0.2) is 0 Å². The first kappa shape index (κ1) is 20.1. The Kier molecular flexibility index (Phi) is 6.34. The number of benzene rings is 1. The SMILES string of the molecule is CC1CCN(C(=O)C2CC2C(=O)N2CCN(C/C=C/c3ccccc3)CC2)CC1. The Morgan fingerprint density at radius 2 is 1.48 bits per heavy atom. The molecule has 2 unspecified atom stereocenters. The summed E-state index contributed by atoms with van der Waals surface area (Å²) >= 11 is 0. The molecule has 0 spiro atoms. The molecule has 0 aromatic heterocycles. The van der Waals surface area contributed by atoms with Gasteiger partial charge >= 0.3 is 0 Å². The summed E-state index contributed by atoms with van der Waals surface area (Å²) in [5, 5.41) is 0. The minimum Gasteiger partial charge on any atom is -0.342 e. The Hall–Kier alpha value is -2.14. The predicted molar refractivity (Wildman–Crippen MR) is 115 cm³/mol. The van der Waals surface area contributed by atoms with E-state index >= 15 is 0 Å². The molecule has 2 atom stereocenters. The standard InChI is InChI=1S/C24H33N3O2/c1-19-9-12-26(13-10-19)23(28)21-18-22(21)24(29)27-16-14-25(15-17-27)11-5-8-20-6-3-2-4-7-20/h2-8,19,21-22H,9-18H2,1H3/b8-5+. The number of piperidine rings is 1. The van der Waals surface area contributed by atoms with Crippen LogP contribution < -0.4 is 0 Å². The molecule has 4 rings (SSSR count). The summed E-state index contributed by atoms with van der Waals surface area (Å²) in [4.78, 5) is 31.9. The first-order valence-corrected chi connectivity index (χ1v) is 11.1. The van der Waals surface area contributed by atoms with E-state index in [9.17, 15) is 9.59 Å². The molecule has 3 fully saturated rings. The van der Waals surface area contributed by atoms with Crippen LogP contribution in [0.25, 0.3) is 6.08 Å². The van der Waals surface area contributed by atoms with Crippen LogP contribution in [0.3, 0.4) is 0 Å². The average Bonchev–Trinajstić information content (AvgIpc) is 3.55. The molecule has 156 valence electrons. The second kappa shape index (κ2) is 9.12. The molecular weight excluding hydrogens is 362 g/mol. The number of nitrogens with zero attached hydrogens (tertiary/aromatic N) is 3. The van der Waals surface area contributed by atoms with Gasteiger partial charge < -0.3 is 9.80 Å². The van der Waals surface area contributed by atoms with Crippen LogP contribution in [0.1, 0.15) is 31.7 Å². The van der Waals surface area contributed by atoms with Gasteiger partial charge in [-0.05, 0) is 30.7 Å². The quantitative estimate of drug-likeness (QED) is 0.770. The smallest absolute Gasteiger partial charge is 0.226 e. The van der Waals surface area contributed by atoms with Crippen molar-refractivity contribution in [2.45, 2.75) is 26.2 Å². The Balaban J connectivity index is 1.19. The van der Waals surface area contributed by atoms with Gasteiger partial charge in [-0.1, -0.05) is 49.4 Å². The van der Waals surface area contributed by atoms with E-state index in [0.29, 0.717) is 0 Å². The summed E-state index contributed by atoms with van der Waals surface area (Å²) in [6.07, 6.45) is 7.29. The third-order valence-electron chi connectivity index (χ3n) is 6.68. The first-order valence-electron chi connectivity index (χ1n) is 11.1. The molecule has 2 saturated heterocycles. The molecule has 1 aromatic carbocycles. The molecule has 5 heteroatoms. The van der Waals surface area contributed by atoms with Gasteiger partial charge in [0, 0.05) is 45.8 Å². The molecule has 2 aliphatic heterocycles. The van der Waals surface area contributed by atoms with Crippen LogP contribution in [-0.4, -0.2) is 72.3 Å². The van der Waals surface area contributed by atoms with Crippen LogP contribution in [0.15, 0.2) is 36.4 Å². The fraction of sp³-hybridized carbons (Fsp3) is 0.583. The van der Waals surface area contributed by atoms with Crippen LogP contribution in [0, 0.1) is 17.8 Å². The Labute approximate surface area is 174 Å². The molecule has 3 aliphatic rings. The van der Waals surface area contributed by atoms with E-state index in [2.05, 4.69) is 36.1 Å². The number of amides is 2. The van der Waals surface area contributed by atoms with Crippen LogP contribution in [-0.2, 0) is 9.59 Å². The van der Waals surface area contributed by atoms with E-state index in [1.54, 1.807) is 0 Å². The molecule has 0 bridgehead atoms. The highest BCUT2D eigenvalue weighted by Crippen LogP contribution is 2.42. The van der Waals surface area contributed by atoms with Crippen molar-refractivity contribution in [2.75, 3.05) is 45.8 Å². The highest BCUT2D eigenvalue weighted by Gasteiger charge is 2.51. The van der Waals surface area contributed by atoms with Gasteiger partial charge in [-0.2, -0.15) is 0 Å². The Morgan fingerprint density at radius 1 is 0.897 bits per heavy atom. The molecule has 0 radical (unpaired) electrons. The Bertz CT molecular complexity index is 732. The molecule has 2 heterocycles. The van der Waals surface area contributed by atoms with Gasteiger partial charge in [0.1, 0.15) is 0 Å². The lowest BCUT2D eigenvalue weighted by Gasteiger charge is -2.34. The molecule has 2 amide bonds. The van der Waals surface area contributed by atoms with Crippen molar-refractivity contribution in [2.24, 2.45) is 17.8 Å². The lowest BCUT2D eigenvalue weighted by Crippen LogP contribution is -2.49. The zero-order valence-corrected chi connectivity index (χ0v) is 17.5. The molecule has 0 N–H and O–H groups in total. The van der Waals surface area contributed by atoms with Gasteiger partial charge in [0.15, 0.2) is 0 Å². The van der Waals surface area contributed by atoms with Crippen LogP contribution >= 0.6 is 0 Å². The van der Waals surface area contributed by atoms with Gasteiger partial charge in [0.05, 0.1) is 11.8 Å². The largest absolute Gasteiger partial charge is 0.342 e. The number of piperazine rings is 1. The third kappa shape index (κ3) is 5.08. The summed E-state index contributed by atoms with van der Waals surface area (Å²) in [6.45, 7) is 8.25. The lowest BCUT2D eigenvalue weighted by atomic mass is 9.99. The van der Waals surface area contributed by atoms with Crippen molar-refractivity contribution in [1.29, 1.82) is 0 Å². The van der Waals surface area contributed by atoms with Crippen LogP contribution in [0.4, 0.5) is 0 Å². The van der Waals surface area contributed by atoms with Crippen LogP contribution in [0.2, 0.25) is 0 Å². The van der Waals surface area contributed by atoms with Gasteiger partial charge in [0.2, 0.25) is 11.8 Å². The molecule has 1 saturated carbocycles. The average molecular weight is 396 g/mol. The fourth-order valence-electron chi connectivity index (χ4n) is 4.49. The van der Waals surface area contributed by atoms with Crippen molar-refractivity contribution in [3.8, 4) is 0 Å². The summed E-state index contributed by atoms with van der Waals surface area (Å²) in [6, 6.07) is 10.3. The number of carbonyl (C=O) groups excluding carboxylic acids is 2. The van der Waals surface area contributed by atoms with E-state index < -0.39 is 0 Å². The van der Waals surface area contributed by atoms with Crippen molar-refractivity contribution in [1.82, 2.24) is 14.7 Å². The maximum Gasteiger partial charge on any atom is 0.226 e. The minimum absolute atomic E-state index is 0.0530. The van der Waals surface area contributed by atoms with Gasteiger partial charge in [0.25, 0.3) is 0 Å². The first-order chi connectivity index (χ1) is 14.1. The molecule has 5 nitrogen and oxygen atoms in total. The molecule has 29 heavy (non-hydrogen) atoms. The number of hydrogen-bond donors (Lipinski definition) is 0. The second-order valence-electron chi connectivity index (χ2n) is 8.90. The van der Waals surface area contributed by atoms with Crippen LogP contribution in [0.5, 0.6) is 0 Å². The number of carbonyl (C=O) groups is 2. The molecule has 1 aromatic rings. The topological polar surface area (TPSA) is 43.9 Å². The zero-order chi connectivity index (χ0) is 20.2. The molecular formula is C24H33N3O2. The highest BCUT2D eigenvalue weighted by atomic mass is 16.2. The monoisotopic (exact) mass is 395 g/mol. The number of rotatable bonds is 5. The summed E-state index contributed by atoms with van der Waals surface area (Å²) in [5.74, 6) is 1.02. The van der Waals surface area contributed by atoms with E-state index in [-0.39, 0.29) is 23.7 Å². The summed E-state index contributed by atoms with van der Waals surface area (Å²) in [5.41, 5.74) is 1.22. The van der Waals surface area contributed by atoms with E-state index in [4.69, 9.17) is 0 Å². The van der Waals surface area contributed by atoms with E-state index in [0.717, 1.165) is 71.0 Å². The highest BCUT2D eigenvalue weighted by molar-refractivity contribution is 5.92.